The van der Waals surface area contributed by atoms with Crippen molar-refractivity contribution in [1.82, 2.24) is 20.2 Å². The summed E-state index contributed by atoms with van der Waals surface area (Å²) < 4.78 is 0. The maximum Gasteiger partial charge on any atom is 0.255 e. The highest BCUT2D eigenvalue weighted by atomic mass is 16.1. The normalized spacial score (nSPS) is 11.2. The van der Waals surface area contributed by atoms with E-state index in [4.69, 9.17) is 0 Å². The molecule has 4 aromatic carbocycles. The standard InChI is InChI=1S/C25H18N6O/c32-24(27-18-10-8-17-14-26-31-22(17)13-18)16-9-11-21-23(12-16)30-25(29-21)28-20-7-3-5-15-4-1-2-6-19(15)20/h1-14H,(H,26,31)(H,27,32)(H2,28,29,30). The third kappa shape index (κ3) is 3.22. The highest BCUT2D eigenvalue weighted by molar-refractivity contribution is 6.06. The van der Waals surface area contributed by atoms with Gasteiger partial charge in [0.2, 0.25) is 5.95 Å². The summed E-state index contributed by atoms with van der Waals surface area (Å²) in [5.74, 6) is 0.433. The summed E-state index contributed by atoms with van der Waals surface area (Å²) in [4.78, 5) is 20.7. The number of anilines is 3. The van der Waals surface area contributed by atoms with Crippen LogP contribution in [-0.4, -0.2) is 26.1 Å². The molecule has 154 valence electrons. The number of imidazole rings is 1. The highest BCUT2D eigenvalue weighted by Gasteiger charge is 2.11. The molecule has 0 aliphatic heterocycles. The lowest BCUT2D eigenvalue weighted by Gasteiger charge is -2.07. The minimum absolute atomic E-state index is 0.191. The first kappa shape index (κ1) is 18.1. The Morgan fingerprint density at radius 3 is 2.72 bits per heavy atom. The number of carbonyl (C=O) groups is 1. The largest absolute Gasteiger partial charge is 0.325 e. The summed E-state index contributed by atoms with van der Waals surface area (Å²) in [5, 5.41) is 16.5. The van der Waals surface area contributed by atoms with E-state index in [2.05, 4.69) is 49.0 Å². The molecule has 32 heavy (non-hydrogen) atoms. The van der Waals surface area contributed by atoms with Gasteiger partial charge in [-0.1, -0.05) is 36.4 Å². The van der Waals surface area contributed by atoms with E-state index in [0.29, 0.717) is 17.2 Å². The molecular weight excluding hydrogens is 400 g/mol. The molecule has 0 unspecified atom stereocenters. The molecule has 4 N–H and O–H groups in total. The molecule has 0 saturated heterocycles. The first-order valence-electron chi connectivity index (χ1n) is 10.2. The molecular formula is C25H18N6O. The van der Waals surface area contributed by atoms with Gasteiger partial charge in [-0.15, -0.1) is 0 Å². The molecule has 1 amide bonds. The van der Waals surface area contributed by atoms with Crippen molar-refractivity contribution in [2.24, 2.45) is 0 Å². The number of H-pyrrole nitrogens is 2. The Morgan fingerprint density at radius 1 is 0.844 bits per heavy atom. The Morgan fingerprint density at radius 2 is 1.75 bits per heavy atom. The molecule has 7 heteroatoms. The van der Waals surface area contributed by atoms with Crippen LogP contribution in [-0.2, 0) is 0 Å². The number of nitrogens with zero attached hydrogens (tertiary/aromatic N) is 2. The van der Waals surface area contributed by atoms with Crippen LogP contribution in [0, 0.1) is 0 Å². The Bertz CT molecular complexity index is 1610. The van der Waals surface area contributed by atoms with Gasteiger partial charge in [0.1, 0.15) is 0 Å². The molecule has 0 atom stereocenters. The van der Waals surface area contributed by atoms with Gasteiger partial charge in [-0.2, -0.15) is 5.10 Å². The second-order valence-electron chi connectivity index (χ2n) is 7.60. The van der Waals surface area contributed by atoms with Crippen LogP contribution in [0.5, 0.6) is 0 Å². The number of amides is 1. The SMILES string of the molecule is O=C(Nc1ccc2cn[nH]c2c1)c1ccc2nc(Nc3cccc4ccccc34)[nH]c2c1. The zero-order valence-electron chi connectivity index (χ0n) is 16.9. The maximum atomic E-state index is 12.8. The lowest BCUT2D eigenvalue weighted by molar-refractivity contribution is 0.102. The second kappa shape index (κ2) is 7.24. The van der Waals surface area contributed by atoms with Crippen molar-refractivity contribution in [3.63, 3.8) is 0 Å². The van der Waals surface area contributed by atoms with Gasteiger partial charge in [0.25, 0.3) is 5.91 Å². The van der Waals surface area contributed by atoms with Crippen molar-refractivity contribution < 1.29 is 4.79 Å². The Labute approximate surface area is 182 Å². The van der Waals surface area contributed by atoms with E-state index in [-0.39, 0.29) is 5.91 Å². The van der Waals surface area contributed by atoms with Gasteiger partial charge in [0.05, 0.1) is 22.7 Å². The van der Waals surface area contributed by atoms with Crippen molar-refractivity contribution in [2.75, 3.05) is 10.6 Å². The average molecular weight is 418 g/mol. The summed E-state index contributed by atoms with van der Waals surface area (Å²) in [6, 6.07) is 25.3. The van der Waals surface area contributed by atoms with Crippen LogP contribution in [0.4, 0.5) is 17.3 Å². The van der Waals surface area contributed by atoms with Gasteiger partial charge < -0.3 is 15.6 Å². The molecule has 6 rings (SSSR count). The van der Waals surface area contributed by atoms with Crippen molar-refractivity contribution in [2.45, 2.75) is 0 Å². The molecule has 0 aliphatic carbocycles. The Hall–Kier alpha value is -4.65. The quantitative estimate of drug-likeness (QED) is 0.300. The topological polar surface area (TPSA) is 98.5 Å². The van der Waals surface area contributed by atoms with Crippen molar-refractivity contribution >= 4 is 55.9 Å². The summed E-state index contributed by atoms with van der Waals surface area (Å²) in [6.07, 6.45) is 1.75. The summed E-state index contributed by atoms with van der Waals surface area (Å²) in [7, 11) is 0. The first-order chi connectivity index (χ1) is 15.7. The molecule has 0 radical (unpaired) electrons. The predicted octanol–water partition coefficient (Wildman–Crippen LogP) is 5.59. The highest BCUT2D eigenvalue weighted by Crippen LogP contribution is 2.26. The lowest BCUT2D eigenvalue weighted by Crippen LogP contribution is -2.11. The predicted molar refractivity (Wildman–Crippen MR) is 127 cm³/mol. The fraction of sp³-hybridized carbons (Fsp3) is 0. The van der Waals surface area contributed by atoms with E-state index in [9.17, 15) is 4.79 Å². The number of hydrogen-bond donors (Lipinski definition) is 4. The average Bonchev–Trinajstić information content (AvgIpc) is 3.44. The summed E-state index contributed by atoms with van der Waals surface area (Å²) >= 11 is 0. The molecule has 7 nitrogen and oxygen atoms in total. The summed E-state index contributed by atoms with van der Waals surface area (Å²) in [6.45, 7) is 0. The molecule has 2 aromatic heterocycles. The first-order valence-corrected chi connectivity index (χ1v) is 10.2. The molecule has 0 saturated carbocycles. The van der Waals surface area contributed by atoms with E-state index in [1.54, 1.807) is 18.3 Å². The van der Waals surface area contributed by atoms with Crippen LogP contribution >= 0.6 is 0 Å². The van der Waals surface area contributed by atoms with Gasteiger partial charge in [0.15, 0.2) is 0 Å². The third-order valence-electron chi connectivity index (χ3n) is 5.49. The monoisotopic (exact) mass is 418 g/mol. The minimum Gasteiger partial charge on any atom is -0.325 e. The number of benzene rings is 4. The number of fused-ring (bicyclic) bond motifs is 3. The molecule has 2 heterocycles. The Kier molecular flexibility index (Phi) is 4.11. The number of aromatic nitrogens is 4. The molecule has 0 spiro atoms. The van der Waals surface area contributed by atoms with E-state index in [1.807, 2.05) is 48.5 Å². The van der Waals surface area contributed by atoms with Gasteiger partial charge in [-0.05, 0) is 47.9 Å². The minimum atomic E-state index is -0.191. The smallest absolute Gasteiger partial charge is 0.255 e. The van der Waals surface area contributed by atoms with Crippen LogP contribution in [0.2, 0.25) is 0 Å². The number of hydrogen-bond acceptors (Lipinski definition) is 4. The van der Waals surface area contributed by atoms with Crippen LogP contribution in [0.1, 0.15) is 10.4 Å². The van der Waals surface area contributed by atoms with E-state index in [1.165, 1.54) is 0 Å². The van der Waals surface area contributed by atoms with Gasteiger partial charge >= 0.3 is 0 Å². The van der Waals surface area contributed by atoms with E-state index in [0.717, 1.165) is 38.4 Å². The lowest BCUT2D eigenvalue weighted by atomic mass is 10.1. The van der Waals surface area contributed by atoms with E-state index < -0.39 is 0 Å². The van der Waals surface area contributed by atoms with Crippen LogP contribution in [0.3, 0.4) is 0 Å². The molecule has 0 bridgehead atoms. The van der Waals surface area contributed by atoms with Crippen LogP contribution in [0.15, 0.2) is 85.1 Å². The van der Waals surface area contributed by atoms with Crippen molar-refractivity contribution in [3.05, 3.63) is 90.6 Å². The van der Waals surface area contributed by atoms with Crippen molar-refractivity contribution in [1.29, 1.82) is 0 Å². The van der Waals surface area contributed by atoms with Gasteiger partial charge in [-0.25, -0.2) is 4.98 Å². The van der Waals surface area contributed by atoms with Crippen LogP contribution in [0.25, 0.3) is 32.7 Å². The zero-order chi connectivity index (χ0) is 21.5. The van der Waals surface area contributed by atoms with E-state index >= 15 is 0 Å². The molecule has 6 aromatic rings. The fourth-order valence-electron chi connectivity index (χ4n) is 3.89. The zero-order valence-corrected chi connectivity index (χ0v) is 16.9. The maximum absolute atomic E-state index is 12.8. The molecule has 0 fully saturated rings. The van der Waals surface area contributed by atoms with Gasteiger partial charge in [-0.3, -0.25) is 9.89 Å². The number of rotatable bonds is 4. The fourth-order valence-corrected chi connectivity index (χ4v) is 3.89. The number of aromatic amines is 2. The number of nitrogens with one attached hydrogen (secondary N) is 4. The van der Waals surface area contributed by atoms with Gasteiger partial charge in [0, 0.05) is 27.7 Å². The third-order valence-corrected chi connectivity index (χ3v) is 5.49. The van der Waals surface area contributed by atoms with Crippen LogP contribution < -0.4 is 10.6 Å². The molecule has 0 aliphatic rings. The number of carbonyl (C=O) groups excluding carboxylic acids is 1. The second-order valence-corrected chi connectivity index (χ2v) is 7.60. The van der Waals surface area contributed by atoms with Crippen molar-refractivity contribution in [3.8, 4) is 0 Å². The summed E-state index contributed by atoms with van der Waals surface area (Å²) in [5.41, 5.74) is 4.65. The Balaban J connectivity index is 1.27.